The van der Waals surface area contributed by atoms with Crippen LogP contribution >= 0.6 is 34.2 Å². The third-order valence-electron chi connectivity index (χ3n) is 2.56. The summed E-state index contributed by atoms with van der Waals surface area (Å²) >= 11 is 8.08. The molecular formula is C15H12ClIO2. The molecule has 0 unspecified atom stereocenters. The highest BCUT2D eigenvalue weighted by atomic mass is 127. The number of halogens is 2. The lowest BCUT2D eigenvalue weighted by Crippen LogP contribution is -2.09. The van der Waals surface area contributed by atoms with Gasteiger partial charge < -0.3 is 4.74 Å². The lowest BCUT2D eigenvalue weighted by Gasteiger charge is -2.04. The van der Waals surface area contributed by atoms with Crippen LogP contribution in [0.15, 0.2) is 48.5 Å². The number of hydrogen-bond acceptors (Lipinski definition) is 2. The molecule has 0 saturated heterocycles. The summed E-state index contributed by atoms with van der Waals surface area (Å²) in [6.07, 6.45) is 0. The Bertz CT molecular complexity index is 567. The van der Waals surface area contributed by atoms with Crippen LogP contribution in [0, 0.1) is 3.57 Å². The second-order valence-electron chi connectivity index (χ2n) is 4.05. The Balaban J connectivity index is 1.86. The molecule has 0 heterocycles. The van der Waals surface area contributed by atoms with Gasteiger partial charge in [0, 0.05) is 14.2 Å². The van der Waals surface area contributed by atoms with E-state index in [0.29, 0.717) is 17.2 Å². The zero-order valence-electron chi connectivity index (χ0n) is 10.1. The molecule has 0 fully saturated rings. The summed E-state index contributed by atoms with van der Waals surface area (Å²) < 4.78 is 6.52. The molecule has 0 aliphatic rings. The first-order chi connectivity index (χ1) is 9.15. The van der Waals surface area contributed by atoms with E-state index in [4.69, 9.17) is 16.3 Å². The van der Waals surface area contributed by atoms with Gasteiger partial charge >= 0.3 is 0 Å². The summed E-state index contributed by atoms with van der Waals surface area (Å²) in [5.74, 6) is -0.0153. The van der Waals surface area contributed by atoms with Crippen LogP contribution in [-0.4, -0.2) is 12.4 Å². The molecule has 2 aromatic rings. The van der Waals surface area contributed by atoms with Gasteiger partial charge in [0.2, 0.25) is 0 Å². The van der Waals surface area contributed by atoms with Gasteiger partial charge in [0.1, 0.15) is 6.61 Å². The van der Waals surface area contributed by atoms with Crippen molar-refractivity contribution in [2.24, 2.45) is 0 Å². The molecule has 0 bridgehead atoms. The lowest BCUT2D eigenvalue weighted by atomic mass is 10.1. The van der Waals surface area contributed by atoms with Crippen molar-refractivity contribution in [1.29, 1.82) is 0 Å². The van der Waals surface area contributed by atoms with Crippen LogP contribution in [-0.2, 0) is 11.3 Å². The predicted molar refractivity (Wildman–Crippen MR) is 84.6 cm³/mol. The maximum absolute atomic E-state index is 11.9. The average Bonchev–Trinajstić information content (AvgIpc) is 2.39. The Labute approximate surface area is 130 Å². The molecule has 0 aliphatic heterocycles. The zero-order chi connectivity index (χ0) is 13.7. The normalized spacial score (nSPS) is 10.4. The molecular weight excluding hydrogens is 375 g/mol. The fourth-order valence-corrected chi connectivity index (χ4v) is 2.18. The fourth-order valence-electron chi connectivity index (χ4n) is 1.61. The van der Waals surface area contributed by atoms with Crippen LogP contribution in [0.5, 0.6) is 0 Å². The summed E-state index contributed by atoms with van der Waals surface area (Å²) in [6.45, 7) is 0.462. The molecule has 0 saturated carbocycles. The number of ketones is 1. The van der Waals surface area contributed by atoms with Gasteiger partial charge in [0.25, 0.3) is 0 Å². The van der Waals surface area contributed by atoms with E-state index in [-0.39, 0.29) is 12.4 Å². The van der Waals surface area contributed by atoms with Crippen LogP contribution in [0.25, 0.3) is 0 Å². The molecule has 0 aromatic heterocycles. The first kappa shape index (κ1) is 14.5. The summed E-state index contributed by atoms with van der Waals surface area (Å²) in [4.78, 5) is 11.9. The van der Waals surface area contributed by atoms with E-state index in [1.54, 1.807) is 0 Å². The van der Waals surface area contributed by atoms with E-state index in [1.165, 1.54) is 0 Å². The molecule has 0 atom stereocenters. The molecule has 2 rings (SSSR count). The zero-order valence-corrected chi connectivity index (χ0v) is 13.0. The van der Waals surface area contributed by atoms with Gasteiger partial charge in [0.05, 0.1) is 6.61 Å². The second-order valence-corrected chi connectivity index (χ2v) is 5.73. The second kappa shape index (κ2) is 7.03. The molecule has 98 valence electrons. The number of Topliss-reactive ketones (excluding diaryl/α,β-unsaturated/α-hetero) is 1. The van der Waals surface area contributed by atoms with E-state index in [0.717, 1.165) is 9.13 Å². The largest absolute Gasteiger partial charge is 0.369 e. The van der Waals surface area contributed by atoms with Crippen molar-refractivity contribution in [2.75, 3.05) is 6.61 Å². The van der Waals surface area contributed by atoms with E-state index < -0.39 is 0 Å². The molecule has 19 heavy (non-hydrogen) atoms. The quantitative estimate of drug-likeness (QED) is 0.564. The summed E-state index contributed by atoms with van der Waals surface area (Å²) in [5, 5.41) is 0.671. The van der Waals surface area contributed by atoms with Gasteiger partial charge in [-0.15, -0.1) is 0 Å². The maximum atomic E-state index is 11.9. The van der Waals surface area contributed by atoms with Crippen molar-refractivity contribution in [1.82, 2.24) is 0 Å². The van der Waals surface area contributed by atoms with Crippen LogP contribution in [0.4, 0.5) is 0 Å². The Hall–Kier alpha value is -0.910. The standard InChI is InChI=1S/C15H12ClIO2/c16-13-3-1-2-11(8-13)9-19-10-15(18)12-4-6-14(17)7-5-12/h1-8H,9-10H2. The van der Waals surface area contributed by atoms with Gasteiger partial charge in [-0.3, -0.25) is 4.79 Å². The van der Waals surface area contributed by atoms with Crippen LogP contribution in [0.2, 0.25) is 5.02 Å². The summed E-state index contributed by atoms with van der Waals surface area (Å²) in [5.41, 5.74) is 1.63. The number of carbonyl (C=O) groups excluding carboxylic acids is 1. The first-order valence-electron chi connectivity index (χ1n) is 5.76. The van der Waals surface area contributed by atoms with Gasteiger partial charge in [-0.05, 0) is 52.4 Å². The summed E-state index contributed by atoms with van der Waals surface area (Å²) in [7, 11) is 0. The van der Waals surface area contributed by atoms with Gasteiger partial charge in [-0.1, -0.05) is 35.9 Å². The molecule has 0 aliphatic carbocycles. The maximum Gasteiger partial charge on any atom is 0.188 e. The number of benzene rings is 2. The number of rotatable bonds is 5. The Morgan fingerprint density at radius 1 is 1.16 bits per heavy atom. The Kier molecular flexibility index (Phi) is 5.36. The van der Waals surface area contributed by atoms with Crippen molar-refractivity contribution in [3.05, 3.63) is 68.3 Å². The molecule has 0 spiro atoms. The van der Waals surface area contributed by atoms with Crippen molar-refractivity contribution in [3.8, 4) is 0 Å². The van der Waals surface area contributed by atoms with Gasteiger partial charge in [-0.25, -0.2) is 0 Å². The average molecular weight is 387 g/mol. The van der Waals surface area contributed by atoms with Gasteiger partial charge in [-0.2, -0.15) is 0 Å². The first-order valence-corrected chi connectivity index (χ1v) is 7.22. The van der Waals surface area contributed by atoms with Crippen molar-refractivity contribution < 1.29 is 9.53 Å². The van der Waals surface area contributed by atoms with E-state index >= 15 is 0 Å². The third-order valence-corrected chi connectivity index (χ3v) is 3.51. The van der Waals surface area contributed by atoms with E-state index in [9.17, 15) is 4.79 Å². The minimum atomic E-state index is -0.0153. The topological polar surface area (TPSA) is 26.3 Å². The SMILES string of the molecule is O=C(COCc1cccc(Cl)c1)c1ccc(I)cc1. The minimum Gasteiger partial charge on any atom is -0.369 e. The van der Waals surface area contributed by atoms with Gasteiger partial charge in [0.15, 0.2) is 5.78 Å². The van der Waals surface area contributed by atoms with Crippen LogP contribution < -0.4 is 0 Å². The van der Waals surface area contributed by atoms with E-state index in [2.05, 4.69) is 22.6 Å². The molecule has 0 N–H and O–H groups in total. The highest BCUT2D eigenvalue weighted by Gasteiger charge is 2.05. The van der Waals surface area contributed by atoms with E-state index in [1.807, 2.05) is 48.5 Å². The third kappa shape index (κ3) is 4.60. The van der Waals surface area contributed by atoms with Crippen molar-refractivity contribution >= 4 is 40.0 Å². The number of carbonyl (C=O) groups is 1. The fraction of sp³-hybridized carbons (Fsp3) is 0.133. The molecule has 0 radical (unpaired) electrons. The van der Waals surface area contributed by atoms with Crippen LogP contribution in [0.3, 0.4) is 0 Å². The molecule has 4 heteroatoms. The number of hydrogen-bond donors (Lipinski definition) is 0. The number of ether oxygens (including phenoxy) is 1. The minimum absolute atomic E-state index is 0.0153. The highest BCUT2D eigenvalue weighted by molar-refractivity contribution is 14.1. The smallest absolute Gasteiger partial charge is 0.188 e. The predicted octanol–water partition coefficient (Wildman–Crippen LogP) is 4.34. The Morgan fingerprint density at radius 2 is 1.89 bits per heavy atom. The van der Waals surface area contributed by atoms with Crippen molar-refractivity contribution in [3.63, 3.8) is 0 Å². The monoisotopic (exact) mass is 386 g/mol. The Morgan fingerprint density at radius 3 is 2.58 bits per heavy atom. The van der Waals surface area contributed by atoms with Crippen molar-refractivity contribution in [2.45, 2.75) is 6.61 Å². The molecule has 2 aromatic carbocycles. The lowest BCUT2D eigenvalue weighted by molar-refractivity contribution is 0.0726. The van der Waals surface area contributed by atoms with Crippen LogP contribution in [0.1, 0.15) is 15.9 Å². The molecule has 2 nitrogen and oxygen atoms in total. The highest BCUT2D eigenvalue weighted by Crippen LogP contribution is 2.12. The molecule has 0 amide bonds. The summed E-state index contributed by atoms with van der Waals surface area (Å²) in [6, 6.07) is 14.9.